The summed E-state index contributed by atoms with van der Waals surface area (Å²) in [5.41, 5.74) is 5.04. The number of ether oxygens (including phenoxy) is 1. The van der Waals surface area contributed by atoms with Crippen LogP contribution in [0, 0.1) is 6.92 Å². The van der Waals surface area contributed by atoms with Gasteiger partial charge < -0.3 is 9.30 Å². The molecule has 11 heteroatoms. The molecule has 0 fully saturated rings. The van der Waals surface area contributed by atoms with Crippen molar-refractivity contribution in [2.24, 2.45) is 0 Å². The number of hydrogen-bond acceptors (Lipinski definition) is 6. The zero-order valence-electron chi connectivity index (χ0n) is 23.1. The summed E-state index contributed by atoms with van der Waals surface area (Å²) in [7, 11) is -6.72. The number of benzene rings is 4. The first-order valence-electron chi connectivity index (χ1n) is 12.9. The highest BCUT2D eigenvalue weighted by molar-refractivity contribution is 7.91. The fourth-order valence-corrected chi connectivity index (χ4v) is 6.55. The molecule has 4 aromatic carbocycles. The van der Waals surface area contributed by atoms with E-state index in [0.717, 1.165) is 28.5 Å². The van der Waals surface area contributed by atoms with E-state index in [0.29, 0.717) is 28.9 Å². The van der Waals surface area contributed by atoms with Crippen LogP contribution in [0.3, 0.4) is 0 Å². The summed E-state index contributed by atoms with van der Waals surface area (Å²) >= 11 is 0. The molecule has 218 valence electrons. The number of fused-ring (bicyclic) bond motifs is 1. The second-order valence-corrected chi connectivity index (χ2v) is 14.1. The van der Waals surface area contributed by atoms with Gasteiger partial charge in [0.1, 0.15) is 11.6 Å². The molecule has 0 saturated heterocycles. The fourth-order valence-electron chi connectivity index (χ4n) is 4.96. The van der Waals surface area contributed by atoms with Crippen LogP contribution in [0.5, 0.6) is 5.75 Å². The number of alkyl halides is 2. The standard InChI is InChI=1S/C31H28F2N2O5S2/c1-20-16-22(11-15-29(20)42(3,38)39)23-10-14-26-27(18-23)35(19-24-6-4-5-7-28(24)40-31(32)33)30(34-26)17-21-8-12-25(13-9-21)41(2,36)37/h4-16,18,31H,17,19H2,1-3H3. The van der Waals surface area contributed by atoms with Crippen LogP contribution in [-0.4, -0.2) is 45.5 Å². The highest BCUT2D eigenvalue weighted by atomic mass is 32.2. The summed E-state index contributed by atoms with van der Waals surface area (Å²) in [6, 6.07) is 24.0. The van der Waals surface area contributed by atoms with Gasteiger partial charge in [0.05, 0.1) is 27.4 Å². The Labute approximate surface area is 243 Å². The number of rotatable bonds is 9. The van der Waals surface area contributed by atoms with Gasteiger partial charge in [0.15, 0.2) is 19.7 Å². The van der Waals surface area contributed by atoms with Gasteiger partial charge in [-0.05, 0) is 65.6 Å². The number of hydrogen-bond donors (Lipinski definition) is 0. The molecule has 7 nitrogen and oxygen atoms in total. The number of aromatic nitrogens is 2. The Bertz CT molecular complexity index is 2000. The molecule has 0 atom stereocenters. The molecule has 0 bridgehead atoms. The molecule has 0 unspecified atom stereocenters. The maximum atomic E-state index is 13.2. The second-order valence-electron chi connectivity index (χ2n) is 10.1. The van der Waals surface area contributed by atoms with E-state index in [9.17, 15) is 25.6 Å². The lowest BCUT2D eigenvalue weighted by molar-refractivity contribution is -0.0504. The Morgan fingerprint density at radius 1 is 0.833 bits per heavy atom. The lowest BCUT2D eigenvalue weighted by Gasteiger charge is -2.14. The maximum Gasteiger partial charge on any atom is 0.387 e. The molecule has 0 aliphatic rings. The average molecular weight is 611 g/mol. The van der Waals surface area contributed by atoms with E-state index < -0.39 is 26.3 Å². The van der Waals surface area contributed by atoms with Crippen molar-refractivity contribution in [2.75, 3.05) is 12.5 Å². The molecule has 1 aromatic heterocycles. The van der Waals surface area contributed by atoms with Crippen molar-refractivity contribution < 1.29 is 30.4 Å². The molecular weight excluding hydrogens is 582 g/mol. The number of imidazole rings is 1. The predicted octanol–water partition coefficient (Wildman–Crippen LogP) is 6.06. The van der Waals surface area contributed by atoms with Gasteiger partial charge in [0.25, 0.3) is 0 Å². The molecule has 0 aliphatic carbocycles. The normalized spacial score (nSPS) is 12.2. The molecule has 42 heavy (non-hydrogen) atoms. The van der Waals surface area contributed by atoms with Gasteiger partial charge >= 0.3 is 6.61 Å². The first kappa shape index (κ1) is 29.4. The van der Waals surface area contributed by atoms with Gasteiger partial charge in [-0.3, -0.25) is 0 Å². The maximum absolute atomic E-state index is 13.2. The Morgan fingerprint density at radius 3 is 2.14 bits per heavy atom. The van der Waals surface area contributed by atoms with Gasteiger partial charge in [-0.15, -0.1) is 0 Å². The van der Waals surface area contributed by atoms with Crippen molar-refractivity contribution >= 4 is 30.7 Å². The number of nitrogens with zero attached hydrogens (tertiary/aromatic N) is 2. The molecule has 5 aromatic rings. The Balaban J connectivity index is 1.62. The van der Waals surface area contributed by atoms with Gasteiger partial charge in [0, 0.05) is 24.5 Å². The predicted molar refractivity (Wildman–Crippen MR) is 158 cm³/mol. The quantitative estimate of drug-likeness (QED) is 0.201. The fraction of sp³-hybridized carbons (Fsp3) is 0.194. The number of sulfone groups is 2. The van der Waals surface area contributed by atoms with Crippen molar-refractivity contribution in [1.29, 1.82) is 0 Å². The lowest BCUT2D eigenvalue weighted by atomic mass is 10.0. The first-order valence-corrected chi connectivity index (χ1v) is 16.7. The average Bonchev–Trinajstić information content (AvgIpc) is 3.24. The Morgan fingerprint density at radius 2 is 1.50 bits per heavy atom. The minimum Gasteiger partial charge on any atom is -0.434 e. The first-order chi connectivity index (χ1) is 19.8. The summed E-state index contributed by atoms with van der Waals surface area (Å²) in [5, 5.41) is 0. The van der Waals surface area contributed by atoms with Crippen molar-refractivity contribution in [3.05, 3.63) is 107 Å². The topological polar surface area (TPSA) is 95.3 Å². The minimum absolute atomic E-state index is 0.0564. The molecule has 0 radical (unpaired) electrons. The van der Waals surface area contributed by atoms with Crippen LogP contribution in [0.25, 0.3) is 22.2 Å². The van der Waals surface area contributed by atoms with Crippen molar-refractivity contribution in [1.82, 2.24) is 9.55 Å². The Kier molecular flexibility index (Phi) is 7.91. The van der Waals surface area contributed by atoms with Crippen LogP contribution >= 0.6 is 0 Å². The van der Waals surface area contributed by atoms with Crippen molar-refractivity contribution in [3.8, 4) is 16.9 Å². The summed E-state index contributed by atoms with van der Waals surface area (Å²) < 4.78 is 81.1. The van der Waals surface area contributed by atoms with Gasteiger partial charge in [-0.2, -0.15) is 8.78 Å². The highest BCUT2D eigenvalue weighted by Gasteiger charge is 2.18. The number of aryl methyl sites for hydroxylation is 1. The summed E-state index contributed by atoms with van der Waals surface area (Å²) in [5.74, 6) is 0.700. The second kappa shape index (κ2) is 11.3. The SMILES string of the molecule is Cc1cc(-c2ccc3nc(Cc4ccc(S(C)(=O)=O)cc4)n(Cc4ccccc4OC(F)F)c3c2)ccc1S(C)(=O)=O. The highest BCUT2D eigenvalue weighted by Crippen LogP contribution is 2.30. The molecule has 0 spiro atoms. The number of para-hydroxylation sites is 1. The van der Waals surface area contributed by atoms with Crippen molar-refractivity contribution in [2.45, 2.75) is 36.3 Å². The zero-order chi connectivity index (χ0) is 30.2. The monoisotopic (exact) mass is 610 g/mol. The minimum atomic E-state index is -3.37. The van der Waals surface area contributed by atoms with Gasteiger partial charge in [-0.25, -0.2) is 21.8 Å². The van der Waals surface area contributed by atoms with Gasteiger partial charge in [0.2, 0.25) is 0 Å². The zero-order valence-corrected chi connectivity index (χ0v) is 24.7. The molecule has 5 rings (SSSR count). The molecular formula is C31H28F2N2O5S2. The summed E-state index contributed by atoms with van der Waals surface area (Å²) in [4.78, 5) is 5.31. The van der Waals surface area contributed by atoms with E-state index in [-0.39, 0.29) is 22.1 Å². The van der Waals surface area contributed by atoms with Crippen LogP contribution in [-0.2, 0) is 32.6 Å². The van der Waals surface area contributed by atoms with Crippen LogP contribution in [0.4, 0.5) is 8.78 Å². The molecule has 0 N–H and O–H groups in total. The van der Waals surface area contributed by atoms with E-state index in [1.807, 2.05) is 28.8 Å². The number of halogens is 2. The Hall–Kier alpha value is -4.09. The van der Waals surface area contributed by atoms with Crippen LogP contribution in [0.2, 0.25) is 0 Å². The van der Waals surface area contributed by atoms with E-state index in [4.69, 9.17) is 9.72 Å². The van der Waals surface area contributed by atoms with E-state index >= 15 is 0 Å². The summed E-state index contributed by atoms with van der Waals surface area (Å²) in [6.07, 6.45) is 2.67. The summed E-state index contributed by atoms with van der Waals surface area (Å²) in [6.45, 7) is -1.05. The largest absolute Gasteiger partial charge is 0.434 e. The third-order valence-electron chi connectivity index (χ3n) is 6.97. The van der Waals surface area contributed by atoms with Crippen molar-refractivity contribution in [3.63, 3.8) is 0 Å². The molecule has 0 aliphatic heterocycles. The molecule has 0 amide bonds. The smallest absolute Gasteiger partial charge is 0.387 e. The van der Waals surface area contributed by atoms with Crippen LogP contribution in [0.1, 0.15) is 22.5 Å². The van der Waals surface area contributed by atoms with Crippen LogP contribution < -0.4 is 4.74 Å². The van der Waals surface area contributed by atoms with Crippen LogP contribution in [0.15, 0.2) is 94.7 Å². The third-order valence-corrected chi connectivity index (χ3v) is 9.35. The van der Waals surface area contributed by atoms with E-state index in [1.165, 1.54) is 12.3 Å². The van der Waals surface area contributed by atoms with E-state index in [2.05, 4.69) is 0 Å². The van der Waals surface area contributed by atoms with E-state index in [1.54, 1.807) is 61.5 Å². The lowest BCUT2D eigenvalue weighted by Crippen LogP contribution is -2.10. The van der Waals surface area contributed by atoms with Gasteiger partial charge in [-0.1, -0.05) is 48.5 Å². The third kappa shape index (κ3) is 6.37. The molecule has 1 heterocycles. The molecule has 0 saturated carbocycles.